The van der Waals surface area contributed by atoms with Gasteiger partial charge in [-0.2, -0.15) is 17.7 Å². The molecule has 1 aromatic heterocycles. The number of aliphatic carboxylic acids is 1. The third-order valence-electron chi connectivity index (χ3n) is 4.00. The van der Waals surface area contributed by atoms with E-state index in [4.69, 9.17) is 5.11 Å². The summed E-state index contributed by atoms with van der Waals surface area (Å²) in [5.41, 5.74) is 3.60. The number of benzene rings is 2. The van der Waals surface area contributed by atoms with Gasteiger partial charge in [0.2, 0.25) is 0 Å². The van der Waals surface area contributed by atoms with Gasteiger partial charge < -0.3 is 15.0 Å². The molecule has 2 aromatic carbocycles. The van der Waals surface area contributed by atoms with Crippen molar-refractivity contribution in [2.75, 3.05) is 5.32 Å². The van der Waals surface area contributed by atoms with Gasteiger partial charge in [-0.05, 0) is 6.07 Å². The molecule has 2 N–H and O–H groups in total. The van der Waals surface area contributed by atoms with Gasteiger partial charge in [-0.25, -0.2) is 0 Å². The predicted octanol–water partition coefficient (Wildman–Crippen LogP) is 3.16. The minimum absolute atomic E-state index is 0. The fraction of sp³-hybridized carbons (Fsp3) is 0.158. The van der Waals surface area contributed by atoms with Crippen LogP contribution in [0, 0.1) is 13.0 Å². The average Bonchev–Trinajstić information content (AvgIpc) is 2.87. The Balaban J connectivity index is 0.00000225. The van der Waals surface area contributed by atoms with E-state index in [2.05, 4.69) is 11.4 Å². The molecule has 1 radical (unpaired) electrons. The van der Waals surface area contributed by atoms with Crippen molar-refractivity contribution in [2.24, 2.45) is 7.05 Å². The number of hydrogen-bond acceptors (Lipinski definition) is 2. The summed E-state index contributed by atoms with van der Waals surface area (Å²) in [6, 6.07) is 14.0. The third-order valence-corrected chi connectivity index (χ3v) is 4.00. The van der Waals surface area contributed by atoms with E-state index in [1.54, 1.807) is 18.3 Å². The summed E-state index contributed by atoms with van der Waals surface area (Å²) >= 11 is 0. The van der Waals surface area contributed by atoms with Crippen LogP contribution in [-0.4, -0.2) is 21.6 Å². The minimum atomic E-state index is -0.890. The van der Waals surface area contributed by atoms with Crippen LogP contribution < -0.4 is 5.32 Å². The first-order valence-electron chi connectivity index (χ1n) is 7.54. The van der Waals surface area contributed by atoms with E-state index in [9.17, 15) is 9.59 Å². The number of carboxylic acids is 1. The summed E-state index contributed by atoms with van der Waals surface area (Å²) in [5, 5.41) is 12.6. The number of carboxylic acid groups (broad SMARTS) is 1. The number of fused-ring (bicyclic) bond motifs is 1. The number of nitrogens with one attached hydrogen (secondary N) is 1. The van der Waals surface area contributed by atoms with Gasteiger partial charge in [0, 0.05) is 63.3 Å². The molecule has 3 rings (SSSR count). The van der Waals surface area contributed by atoms with Crippen molar-refractivity contribution < 1.29 is 47.4 Å². The second-order valence-corrected chi connectivity index (χ2v) is 5.75. The molecular weight excluding hydrogens is 393 g/mol. The van der Waals surface area contributed by atoms with Crippen LogP contribution in [0.15, 0.2) is 42.6 Å². The maximum absolute atomic E-state index is 12.6. The molecule has 0 aliphatic rings. The number of aromatic nitrogens is 1. The molecule has 0 fully saturated rings. The molecule has 0 spiro atoms. The molecule has 0 aliphatic carbocycles. The van der Waals surface area contributed by atoms with E-state index in [1.807, 2.05) is 42.8 Å². The third kappa shape index (κ3) is 4.17. The minimum Gasteiger partial charge on any atom is -0.482 e. The standard InChI is InChI=1S/C19H17N2O3.Y/c1-12-9-14(8-7-13(12)10-18(22)23)20-19(24)16-11-21(2)17-6-4-3-5-15(16)17;/h3-7,9,11H,10H2,1-2H3,(H,20,24)(H,22,23);/q-1;. The second kappa shape index (κ2) is 7.94. The molecule has 5 nitrogen and oxygen atoms in total. The molecule has 0 saturated heterocycles. The van der Waals surface area contributed by atoms with Gasteiger partial charge in [-0.3, -0.25) is 9.59 Å². The number of hydrogen-bond donors (Lipinski definition) is 2. The molecule has 1 amide bonds. The van der Waals surface area contributed by atoms with Gasteiger partial charge in [0.1, 0.15) is 0 Å². The molecule has 0 aliphatic heterocycles. The quantitative estimate of drug-likeness (QED) is 0.650. The monoisotopic (exact) mass is 410 g/mol. The van der Waals surface area contributed by atoms with E-state index in [0.29, 0.717) is 16.8 Å². The maximum atomic E-state index is 12.6. The van der Waals surface area contributed by atoms with Crippen molar-refractivity contribution in [2.45, 2.75) is 13.3 Å². The number of para-hydroxylation sites is 1. The molecule has 1 heterocycles. The van der Waals surface area contributed by atoms with Crippen molar-refractivity contribution in [1.82, 2.24) is 4.57 Å². The van der Waals surface area contributed by atoms with Crippen molar-refractivity contribution in [3.63, 3.8) is 0 Å². The Kier molecular flexibility index (Phi) is 6.14. The molecule has 125 valence electrons. The number of aryl methyl sites for hydroxylation is 2. The molecule has 0 atom stereocenters. The van der Waals surface area contributed by atoms with E-state index in [1.165, 1.54) is 0 Å². The fourth-order valence-corrected chi connectivity index (χ4v) is 2.77. The largest absolute Gasteiger partial charge is 0.482 e. The van der Waals surface area contributed by atoms with Crippen molar-refractivity contribution in [3.05, 3.63) is 65.4 Å². The van der Waals surface area contributed by atoms with E-state index in [-0.39, 0.29) is 45.0 Å². The van der Waals surface area contributed by atoms with Gasteiger partial charge in [0.15, 0.2) is 0 Å². The van der Waals surface area contributed by atoms with Crippen LogP contribution in [0.3, 0.4) is 0 Å². The molecule has 3 aromatic rings. The fourth-order valence-electron chi connectivity index (χ4n) is 2.77. The zero-order valence-electron chi connectivity index (χ0n) is 14.0. The average molecular weight is 410 g/mol. The Morgan fingerprint density at radius 2 is 2.00 bits per heavy atom. The molecular formula is C19H17N2O3Y-. The SMILES string of the molecule is Cc1cc(NC(=O)c2cn(C)c3ccccc23)[c-]cc1CC(=O)O.[Y]. The van der Waals surface area contributed by atoms with Gasteiger partial charge in [-0.15, -0.1) is 11.6 Å². The first-order chi connectivity index (χ1) is 11.5. The van der Waals surface area contributed by atoms with Gasteiger partial charge in [0.05, 0.1) is 5.56 Å². The van der Waals surface area contributed by atoms with E-state index in [0.717, 1.165) is 16.5 Å². The summed E-state index contributed by atoms with van der Waals surface area (Å²) in [6.07, 6.45) is 1.74. The smallest absolute Gasteiger partial charge is 0.296 e. The van der Waals surface area contributed by atoms with Gasteiger partial charge in [-0.1, -0.05) is 30.8 Å². The Labute approximate surface area is 170 Å². The second-order valence-electron chi connectivity index (χ2n) is 5.75. The van der Waals surface area contributed by atoms with Crippen LogP contribution in [0.2, 0.25) is 0 Å². The molecule has 0 saturated carbocycles. The molecule has 25 heavy (non-hydrogen) atoms. The Bertz CT molecular complexity index is 947. The number of amides is 1. The molecule has 0 bridgehead atoms. The Hall–Kier alpha value is -1.98. The van der Waals surface area contributed by atoms with Crippen LogP contribution in [0.1, 0.15) is 21.5 Å². The normalized spacial score (nSPS) is 10.3. The van der Waals surface area contributed by atoms with Crippen molar-refractivity contribution in [3.8, 4) is 0 Å². The molecule has 0 unspecified atom stereocenters. The zero-order valence-corrected chi connectivity index (χ0v) is 16.9. The summed E-state index contributed by atoms with van der Waals surface area (Å²) < 4.78 is 1.91. The summed E-state index contributed by atoms with van der Waals surface area (Å²) in [5.74, 6) is -1.10. The van der Waals surface area contributed by atoms with Crippen LogP contribution in [0.5, 0.6) is 0 Å². The van der Waals surface area contributed by atoms with E-state index < -0.39 is 5.97 Å². The van der Waals surface area contributed by atoms with E-state index >= 15 is 0 Å². The zero-order chi connectivity index (χ0) is 17.3. The van der Waals surface area contributed by atoms with Crippen LogP contribution in [-0.2, 0) is 51.0 Å². The Morgan fingerprint density at radius 3 is 2.68 bits per heavy atom. The first-order valence-corrected chi connectivity index (χ1v) is 7.54. The summed E-state index contributed by atoms with van der Waals surface area (Å²) in [7, 11) is 1.90. The number of carbonyl (C=O) groups excluding carboxylic acids is 1. The number of anilines is 1. The number of carbonyl (C=O) groups is 2. The van der Waals surface area contributed by atoms with Crippen molar-refractivity contribution in [1.29, 1.82) is 0 Å². The van der Waals surface area contributed by atoms with Gasteiger partial charge >= 0.3 is 0 Å². The molecule has 6 heteroatoms. The van der Waals surface area contributed by atoms with Crippen LogP contribution in [0.25, 0.3) is 10.9 Å². The summed E-state index contributed by atoms with van der Waals surface area (Å²) in [6.45, 7) is 1.82. The number of rotatable bonds is 4. The maximum Gasteiger partial charge on any atom is 0.296 e. The van der Waals surface area contributed by atoms with Crippen LogP contribution >= 0.6 is 0 Å². The topological polar surface area (TPSA) is 71.3 Å². The summed E-state index contributed by atoms with van der Waals surface area (Å²) in [4.78, 5) is 23.4. The van der Waals surface area contributed by atoms with Crippen LogP contribution in [0.4, 0.5) is 5.69 Å². The van der Waals surface area contributed by atoms with Crippen molar-refractivity contribution >= 4 is 28.5 Å². The first kappa shape index (κ1) is 19.3. The Morgan fingerprint density at radius 1 is 1.28 bits per heavy atom. The predicted molar refractivity (Wildman–Crippen MR) is 92.2 cm³/mol. The van der Waals surface area contributed by atoms with Gasteiger partial charge in [0.25, 0.3) is 11.9 Å². The number of nitrogens with zero attached hydrogens (tertiary/aromatic N) is 1.